The third-order valence-corrected chi connectivity index (χ3v) is 4.96. The molecule has 0 amide bonds. The van der Waals surface area contributed by atoms with Crippen LogP contribution in [0.3, 0.4) is 0 Å². The second kappa shape index (κ2) is 7.01. The Bertz CT molecular complexity index is 1100. The van der Waals surface area contributed by atoms with Crippen LogP contribution < -0.4 is 5.43 Å². The largest absolute Gasteiger partial charge is 0.462 e. The monoisotopic (exact) mass is 409 g/mol. The lowest BCUT2D eigenvalue weighted by Gasteiger charge is -2.14. The number of carbonyl (C=O) groups excluding carboxylic acids is 1. The number of pyridine rings is 2. The highest BCUT2D eigenvalue weighted by molar-refractivity contribution is 7.12. The number of rotatable bonds is 3. The first-order valence-electron chi connectivity index (χ1n) is 8.18. The predicted octanol–water partition coefficient (Wildman–Crippen LogP) is 4.11. The molecule has 9 heteroatoms. The molecule has 0 aromatic carbocycles. The summed E-state index contributed by atoms with van der Waals surface area (Å²) in [6.07, 6.45) is 1.31. The second-order valence-corrected chi connectivity index (χ2v) is 8.05. The van der Waals surface area contributed by atoms with Crippen LogP contribution in [-0.2, 0) is 10.2 Å². The number of hydrogen-bond acceptors (Lipinski definition) is 6. The van der Waals surface area contributed by atoms with Gasteiger partial charge in [0.25, 0.3) is 0 Å². The summed E-state index contributed by atoms with van der Waals surface area (Å²) in [7, 11) is 0. The first-order valence-corrected chi connectivity index (χ1v) is 9.44. The minimum atomic E-state index is -0.844. The summed E-state index contributed by atoms with van der Waals surface area (Å²) in [6, 6.07) is 0.977. The Labute approximate surface area is 163 Å². The number of carbonyl (C=O) groups is 1. The molecule has 142 valence electrons. The van der Waals surface area contributed by atoms with Gasteiger partial charge in [-0.2, -0.15) is 0 Å². The molecule has 3 rings (SSSR count). The van der Waals surface area contributed by atoms with Gasteiger partial charge >= 0.3 is 5.97 Å². The van der Waals surface area contributed by atoms with Crippen molar-refractivity contribution in [1.82, 2.24) is 14.5 Å². The summed E-state index contributed by atoms with van der Waals surface area (Å²) in [5.74, 6) is -1.63. The number of aromatic nitrogens is 3. The van der Waals surface area contributed by atoms with E-state index in [4.69, 9.17) is 16.3 Å². The molecule has 3 heterocycles. The zero-order valence-corrected chi connectivity index (χ0v) is 16.7. The average Bonchev–Trinajstić information content (AvgIpc) is 3.07. The Morgan fingerprint density at radius 1 is 1.37 bits per heavy atom. The van der Waals surface area contributed by atoms with Gasteiger partial charge in [-0.3, -0.25) is 9.36 Å². The van der Waals surface area contributed by atoms with E-state index in [1.165, 1.54) is 22.1 Å². The first-order chi connectivity index (χ1) is 12.6. The molecular weight excluding hydrogens is 393 g/mol. The number of thiazole rings is 1. The van der Waals surface area contributed by atoms with Crippen LogP contribution in [0.5, 0.6) is 0 Å². The van der Waals surface area contributed by atoms with Gasteiger partial charge in [-0.25, -0.2) is 19.2 Å². The van der Waals surface area contributed by atoms with Crippen LogP contribution in [0.25, 0.3) is 16.2 Å². The van der Waals surface area contributed by atoms with Crippen molar-refractivity contribution in [2.24, 2.45) is 0 Å². The zero-order chi connectivity index (χ0) is 19.9. The predicted molar refractivity (Wildman–Crippen MR) is 103 cm³/mol. The number of ether oxygens (including phenoxy) is 1. The lowest BCUT2D eigenvalue weighted by molar-refractivity contribution is 0.0524. The highest BCUT2D eigenvalue weighted by atomic mass is 35.5. The molecule has 27 heavy (non-hydrogen) atoms. The summed E-state index contributed by atoms with van der Waals surface area (Å²) < 4.78 is 20.4. The maximum atomic E-state index is 13.9. The third-order valence-electron chi connectivity index (χ3n) is 3.85. The van der Waals surface area contributed by atoms with Crippen LogP contribution in [0.2, 0.25) is 5.15 Å². The quantitative estimate of drug-likeness (QED) is 0.480. The summed E-state index contributed by atoms with van der Waals surface area (Å²) in [5.41, 5.74) is -0.129. The van der Waals surface area contributed by atoms with Crippen molar-refractivity contribution >= 4 is 39.9 Å². The third kappa shape index (κ3) is 3.59. The van der Waals surface area contributed by atoms with E-state index in [2.05, 4.69) is 9.97 Å². The normalized spacial score (nSPS) is 11.8. The van der Waals surface area contributed by atoms with E-state index >= 15 is 0 Å². The molecule has 0 N–H and O–H groups in total. The molecule has 0 radical (unpaired) electrons. The van der Waals surface area contributed by atoms with Crippen molar-refractivity contribution in [2.75, 3.05) is 6.61 Å². The fourth-order valence-corrected chi connectivity index (χ4v) is 3.58. The van der Waals surface area contributed by atoms with Crippen molar-refractivity contribution in [3.05, 3.63) is 50.1 Å². The Balaban J connectivity index is 2.34. The molecule has 0 aliphatic carbocycles. The van der Waals surface area contributed by atoms with Gasteiger partial charge < -0.3 is 4.74 Å². The minimum Gasteiger partial charge on any atom is -0.462 e. The number of nitrogens with zero attached hydrogens (tertiary/aromatic N) is 3. The van der Waals surface area contributed by atoms with Crippen molar-refractivity contribution in [3.63, 3.8) is 0 Å². The molecule has 0 fully saturated rings. The van der Waals surface area contributed by atoms with Crippen LogP contribution in [0.15, 0.2) is 22.4 Å². The van der Waals surface area contributed by atoms with Gasteiger partial charge in [-0.15, -0.1) is 11.3 Å². The first kappa shape index (κ1) is 19.4. The molecule has 0 saturated heterocycles. The molecule has 0 unspecified atom stereocenters. The van der Waals surface area contributed by atoms with Gasteiger partial charge in [0.05, 0.1) is 17.7 Å². The molecule has 3 aromatic heterocycles. The SMILES string of the molecule is CCOC(=O)c1cn(-c2nc(C(C)(C)C)cs2)c2nc(Cl)c(F)cc2c1=O. The fourth-order valence-electron chi connectivity index (χ4n) is 2.42. The number of esters is 1. The second-order valence-electron chi connectivity index (χ2n) is 6.86. The summed E-state index contributed by atoms with van der Waals surface area (Å²) in [6.45, 7) is 7.79. The molecule has 0 saturated carbocycles. The number of hydrogen-bond donors (Lipinski definition) is 0. The molecule has 0 aliphatic heterocycles. The maximum absolute atomic E-state index is 13.9. The van der Waals surface area contributed by atoms with Crippen molar-refractivity contribution < 1.29 is 13.9 Å². The maximum Gasteiger partial charge on any atom is 0.343 e. The molecule has 0 atom stereocenters. The highest BCUT2D eigenvalue weighted by Gasteiger charge is 2.23. The molecule has 0 spiro atoms. The van der Waals surface area contributed by atoms with Gasteiger partial charge in [0.15, 0.2) is 21.7 Å². The van der Waals surface area contributed by atoms with Crippen LogP contribution in [0.1, 0.15) is 43.7 Å². The Kier molecular flexibility index (Phi) is 5.05. The van der Waals surface area contributed by atoms with E-state index in [0.29, 0.717) is 5.13 Å². The zero-order valence-electron chi connectivity index (χ0n) is 15.2. The Morgan fingerprint density at radius 2 is 2.07 bits per heavy atom. The summed E-state index contributed by atoms with van der Waals surface area (Å²) >= 11 is 7.13. The van der Waals surface area contributed by atoms with E-state index in [-0.39, 0.29) is 33.8 Å². The van der Waals surface area contributed by atoms with Crippen LogP contribution in [0, 0.1) is 5.82 Å². The Hall–Kier alpha value is -2.32. The summed E-state index contributed by atoms with van der Waals surface area (Å²) in [4.78, 5) is 33.5. The fraction of sp³-hybridized carbons (Fsp3) is 0.333. The molecular formula is C18H17ClFN3O3S. The lowest BCUT2D eigenvalue weighted by Crippen LogP contribution is -2.21. The molecule has 0 aliphatic rings. The minimum absolute atomic E-state index is 0.0741. The van der Waals surface area contributed by atoms with E-state index in [0.717, 1.165) is 11.8 Å². The van der Waals surface area contributed by atoms with E-state index in [1.807, 2.05) is 26.2 Å². The number of fused-ring (bicyclic) bond motifs is 1. The van der Waals surface area contributed by atoms with Gasteiger partial charge in [-0.1, -0.05) is 32.4 Å². The smallest absolute Gasteiger partial charge is 0.343 e. The number of halogens is 2. The van der Waals surface area contributed by atoms with E-state index in [1.54, 1.807) is 6.92 Å². The van der Waals surface area contributed by atoms with Gasteiger partial charge in [-0.05, 0) is 13.0 Å². The van der Waals surface area contributed by atoms with E-state index < -0.39 is 17.2 Å². The lowest BCUT2D eigenvalue weighted by atomic mass is 9.93. The van der Waals surface area contributed by atoms with Crippen LogP contribution in [-0.4, -0.2) is 27.1 Å². The van der Waals surface area contributed by atoms with Gasteiger partial charge in [0.1, 0.15) is 5.56 Å². The van der Waals surface area contributed by atoms with Crippen LogP contribution in [0.4, 0.5) is 4.39 Å². The van der Waals surface area contributed by atoms with E-state index in [9.17, 15) is 14.0 Å². The van der Waals surface area contributed by atoms with Crippen molar-refractivity contribution in [2.45, 2.75) is 33.1 Å². The van der Waals surface area contributed by atoms with Crippen molar-refractivity contribution in [3.8, 4) is 5.13 Å². The summed E-state index contributed by atoms with van der Waals surface area (Å²) in [5, 5.41) is 1.92. The Morgan fingerprint density at radius 3 is 2.67 bits per heavy atom. The van der Waals surface area contributed by atoms with Crippen molar-refractivity contribution in [1.29, 1.82) is 0 Å². The van der Waals surface area contributed by atoms with Crippen LogP contribution >= 0.6 is 22.9 Å². The average molecular weight is 410 g/mol. The molecule has 6 nitrogen and oxygen atoms in total. The van der Waals surface area contributed by atoms with Gasteiger partial charge in [0, 0.05) is 17.0 Å². The molecule has 3 aromatic rings. The topological polar surface area (TPSA) is 74.1 Å². The molecule has 0 bridgehead atoms. The standard InChI is InChI=1S/C18H17ClFN3O3S/c1-5-26-16(25)10-7-23(17-21-12(8-27-17)18(2,3)4)15-9(13(10)24)6-11(20)14(19)22-15/h6-8H,5H2,1-4H3. The van der Waals surface area contributed by atoms with Gasteiger partial charge in [0.2, 0.25) is 5.43 Å². The highest BCUT2D eigenvalue weighted by Crippen LogP contribution is 2.28.